The highest BCUT2D eigenvalue weighted by atomic mass is 79.9. The van der Waals surface area contributed by atoms with E-state index < -0.39 is 6.10 Å². The molecule has 0 saturated heterocycles. The van der Waals surface area contributed by atoms with Crippen molar-refractivity contribution in [3.63, 3.8) is 0 Å². The van der Waals surface area contributed by atoms with Crippen molar-refractivity contribution < 1.29 is 24.1 Å². The van der Waals surface area contributed by atoms with Crippen LogP contribution in [0.5, 0.6) is 5.75 Å². The monoisotopic (exact) mass is 332 g/mol. The summed E-state index contributed by atoms with van der Waals surface area (Å²) in [6, 6.07) is 5.16. The van der Waals surface area contributed by atoms with Crippen LogP contribution in [0.3, 0.4) is 0 Å². The van der Waals surface area contributed by atoms with Gasteiger partial charge < -0.3 is 19.3 Å². The van der Waals surface area contributed by atoms with E-state index in [2.05, 4.69) is 15.9 Å². The smallest absolute Gasteiger partial charge is 0.153 e. The van der Waals surface area contributed by atoms with E-state index in [1.165, 1.54) is 0 Å². The van der Waals surface area contributed by atoms with E-state index in [1.54, 1.807) is 25.3 Å². The third-order valence-corrected chi connectivity index (χ3v) is 2.91. The fraction of sp³-hybridized carbons (Fsp3) is 0.462. The molecule has 1 N–H and O–H groups in total. The zero-order valence-corrected chi connectivity index (χ0v) is 12.3. The molecule has 0 bridgehead atoms. The number of methoxy groups -OCH3 is 1. The van der Waals surface area contributed by atoms with Gasteiger partial charge in [-0.25, -0.2) is 0 Å². The van der Waals surface area contributed by atoms with Gasteiger partial charge >= 0.3 is 0 Å². The van der Waals surface area contributed by atoms with E-state index in [0.717, 1.165) is 0 Å². The maximum Gasteiger partial charge on any atom is 0.153 e. The van der Waals surface area contributed by atoms with Gasteiger partial charge in [0.05, 0.1) is 29.9 Å². The van der Waals surface area contributed by atoms with E-state index >= 15 is 0 Å². The van der Waals surface area contributed by atoms with Gasteiger partial charge in [0.15, 0.2) is 6.29 Å². The highest BCUT2D eigenvalue weighted by Gasteiger charge is 2.11. The zero-order valence-electron chi connectivity index (χ0n) is 10.7. The lowest BCUT2D eigenvalue weighted by Crippen LogP contribution is -2.24. The summed E-state index contributed by atoms with van der Waals surface area (Å²) in [6.07, 6.45) is -0.0508. The standard InChI is InChI=1S/C13H17BrO5/c1-17-5-6-18-8-11(16)9-19-13-10(7-15)3-2-4-12(13)14/h2-4,7,11,16H,5-6,8-9H2,1H3. The minimum Gasteiger partial charge on any atom is -0.489 e. The largest absolute Gasteiger partial charge is 0.489 e. The van der Waals surface area contributed by atoms with Gasteiger partial charge in [0.2, 0.25) is 0 Å². The molecule has 5 nitrogen and oxygen atoms in total. The molecule has 0 spiro atoms. The van der Waals surface area contributed by atoms with Crippen LogP contribution in [0.1, 0.15) is 10.4 Å². The molecule has 0 saturated carbocycles. The summed E-state index contributed by atoms with van der Waals surface area (Å²) in [4.78, 5) is 10.9. The number of para-hydroxylation sites is 1. The third-order valence-electron chi connectivity index (χ3n) is 2.29. The van der Waals surface area contributed by atoms with Crippen LogP contribution in [-0.2, 0) is 9.47 Å². The van der Waals surface area contributed by atoms with Gasteiger partial charge in [-0.3, -0.25) is 4.79 Å². The van der Waals surface area contributed by atoms with E-state index in [1.807, 2.05) is 0 Å². The van der Waals surface area contributed by atoms with E-state index in [4.69, 9.17) is 14.2 Å². The normalized spacial score (nSPS) is 12.2. The van der Waals surface area contributed by atoms with Gasteiger partial charge in [-0.15, -0.1) is 0 Å². The van der Waals surface area contributed by atoms with Gasteiger partial charge in [0, 0.05) is 7.11 Å². The Morgan fingerprint density at radius 3 is 2.84 bits per heavy atom. The van der Waals surface area contributed by atoms with Crippen LogP contribution in [0.25, 0.3) is 0 Å². The third kappa shape index (κ3) is 5.69. The first-order valence-corrected chi connectivity index (χ1v) is 6.59. The van der Waals surface area contributed by atoms with Crippen molar-refractivity contribution in [1.82, 2.24) is 0 Å². The van der Waals surface area contributed by atoms with Crippen molar-refractivity contribution in [3.8, 4) is 5.75 Å². The Labute approximate surface area is 120 Å². The number of carbonyl (C=O) groups is 1. The number of aliphatic hydroxyl groups excluding tert-OH is 1. The number of hydrogen-bond acceptors (Lipinski definition) is 5. The van der Waals surface area contributed by atoms with Gasteiger partial charge in [0.25, 0.3) is 0 Å². The summed E-state index contributed by atoms with van der Waals surface area (Å²) in [7, 11) is 1.58. The maximum absolute atomic E-state index is 10.9. The molecule has 0 radical (unpaired) electrons. The lowest BCUT2D eigenvalue weighted by atomic mass is 10.2. The van der Waals surface area contributed by atoms with Crippen LogP contribution in [0.15, 0.2) is 22.7 Å². The Morgan fingerprint density at radius 1 is 1.37 bits per heavy atom. The lowest BCUT2D eigenvalue weighted by Gasteiger charge is -2.14. The van der Waals surface area contributed by atoms with Gasteiger partial charge in [0.1, 0.15) is 18.5 Å². The van der Waals surface area contributed by atoms with Crippen LogP contribution < -0.4 is 4.74 Å². The molecule has 1 aromatic rings. The minimum atomic E-state index is -0.761. The Balaban J connectivity index is 2.41. The number of ether oxygens (including phenoxy) is 3. The fourth-order valence-electron chi connectivity index (χ4n) is 1.36. The molecule has 1 atom stereocenters. The molecule has 0 aliphatic carbocycles. The molecule has 1 aromatic carbocycles. The van der Waals surface area contributed by atoms with Crippen molar-refractivity contribution in [1.29, 1.82) is 0 Å². The number of rotatable bonds is 9. The second-order valence-electron chi connectivity index (χ2n) is 3.81. The van der Waals surface area contributed by atoms with Gasteiger partial charge in [-0.05, 0) is 28.1 Å². The Morgan fingerprint density at radius 2 is 2.16 bits per heavy atom. The number of hydrogen-bond donors (Lipinski definition) is 1. The topological polar surface area (TPSA) is 65.0 Å². The highest BCUT2D eigenvalue weighted by molar-refractivity contribution is 9.10. The molecule has 0 amide bonds. The average Bonchev–Trinajstić information content (AvgIpc) is 2.42. The Hall–Kier alpha value is -0.950. The highest BCUT2D eigenvalue weighted by Crippen LogP contribution is 2.28. The van der Waals surface area contributed by atoms with E-state index in [9.17, 15) is 9.90 Å². The molecule has 106 valence electrons. The first-order chi connectivity index (χ1) is 9.19. The lowest BCUT2D eigenvalue weighted by molar-refractivity contribution is -0.00437. The van der Waals surface area contributed by atoms with Crippen LogP contribution in [0.2, 0.25) is 0 Å². The zero-order chi connectivity index (χ0) is 14.1. The summed E-state index contributed by atoms with van der Waals surface area (Å²) >= 11 is 3.30. The molecule has 0 aromatic heterocycles. The first kappa shape index (κ1) is 16.1. The van der Waals surface area contributed by atoms with Crippen LogP contribution in [-0.4, -0.2) is 51.0 Å². The predicted octanol–water partition coefficient (Wildman–Crippen LogP) is 1.66. The summed E-state index contributed by atoms with van der Waals surface area (Å²) in [6.45, 7) is 1.11. The molecule has 1 rings (SSSR count). The number of aliphatic hydroxyl groups is 1. The Kier molecular flexibility index (Phi) is 7.66. The number of benzene rings is 1. The van der Waals surface area contributed by atoms with Crippen molar-refractivity contribution in [3.05, 3.63) is 28.2 Å². The SMILES string of the molecule is COCCOCC(O)COc1c(Br)cccc1C=O. The molecule has 6 heteroatoms. The molecule has 0 aliphatic rings. The maximum atomic E-state index is 10.9. The van der Waals surface area contributed by atoms with Crippen molar-refractivity contribution in [2.45, 2.75) is 6.10 Å². The molecule has 1 unspecified atom stereocenters. The molecule has 0 aliphatic heterocycles. The summed E-state index contributed by atoms with van der Waals surface area (Å²) < 4.78 is 16.1. The first-order valence-electron chi connectivity index (χ1n) is 5.80. The number of aldehydes is 1. The van der Waals surface area contributed by atoms with Crippen LogP contribution in [0, 0.1) is 0 Å². The van der Waals surface area contributed by atoms with Crippen molar-refractivity contribution in [2.75, 3.05) is 33.5 Å². The Bertz CT molecular complexity index is 397. The quantitative estimate of drug-likeness (QED) is 0.550. The van der Waals surface area contributed by atoms with E-state index in [0.29, 0.717) is 35.3 Å². The van der Waals surface area contributed by atoms with Gasteiger partial charge in [-0.2, -0.15) is 0 Å². The predicted molar refractivity (Wildman–Crippen MR) is 73.7 cm³/mol. The average molecular weight is 333 g/mol. The number of carbonyl (C=O) groups excluding carboxylic acids is 1. The summed E-state index contributed by atoms with van der Waals surface area (Å²) in [5.74, 6) is 0.424. The minimum absolute atomic E-state index is 0.0520. The summed E-state index contributed by atoms with van der Waals surface area (Å²) in [5.41, 5.74) is 0.432. The van der Waals surface area contributed by atoms with Crippen LogP contribution in [0.4, 0.5) is 0 Å². The number of halogens is 1. The summed E-state index contributed by atoms with van der Waals surface area (Å²) in [5, 5.41) is 9.67. The fourth-order valence-corrected chi connectivity index (χ4v) is 1.86. The van der Waals surface area contributed by atoms with E-state index in [-0.39, 0.29) is 13.2 Å². The van der Waals surface area contributed by atoms with Crippen LogP contribution >= 0.6 is 15.9 Å². The molecular formula is C13H17BrO5. The molecule has 0 fully saturated rings. The molecule has 0 heterocycles. The van der Waals surface area contributed by atoms with Crippen molar-refractivity contribution >= 4 is 22.2 Å². The molecule has 19 heavy (non-hydrogen) atoms. The van der Waals surface area contributed by atoms with Crippen molar-refractivity contribution in [2.24, 2.45) is 0 Å². The molecular weight excluding hydrogens is 316 g/mol. The second kappa shape index (κ2) is 9.03. The second-order valence-corrected chi connectivity index (χ2v) is 4.66. The van der Waals surface area contributed by atoms with Gasteiger partial charge in [-0.1, -0.05) is 6.07 Å².